The Morgan fingerprint density at radius 3 is 2.96 bits per heavy atom. The van der Waals surface area contributed by atoms with Gasteiger partial charge in [0.05, 0.1) is 11.0 Å². The Kier molecular flexibility index (Phi) is 4.93. The van der Waals surface area contributed by atoms with E-state index in [-0.39, 0.29) is 12.5 Å². The number of hydrogen-bond acceptors (Lipinski definition) is 5. The molecule has 1 N–H and O–H groups in total. The number of aromatic nitrogens is 2. The van der Waals surface area contributed by atoms with Crippen LogP contribution in [0.5, 0.6) is 0 Å². The van der Waals surface area contributed by atoms with Gasteiger partial charge in [-0.15, -0.1) is 0 Å². The number of ether oxygens (including phenoxy) is 1. The molecule has 1 aromatic carbocycles. The number of H-pyrrole nitrogens is 1. The third-order valence-electron chi connectivity index (χ3n) is 5.48. The molecule has 3 heterocycles. The highest BCUT2D eigenvalue weighted by Gasteiger charge is 2.32. The van der Waals surface area contributed by atoms with E-state index in [4.69, 9.17) is 4.74 Å². The van der Waals surface area contributed by atoms with E-state index in [1.165, 1.54) is 0 Å². The van der Waals surface area contributed by atoms with Crippen LogP contribution in [-0.4, -0.2) is 89.5 Å². The Labute approximate surface area is 153 Å². The fraction of sp³-hybridized carbons (Fsp3) is 0.579. The number of likely N-dealkylation sites (N-methyl/N-ethyl adjacent to an activating group) is 1. The van der Waals surface area contributed by atoms with Gasteiger partial charge >= 0.3 is 0 Å². The van der Waals surface area contributed by atoms with Crippen molar-refractivity contribution >= 4 is 16.9 Å². The van der Waals surface area contributed by atoms with E-state index in [1.807, 2.05) is 30.0 Å². The smallest absolute Gasteiger partial charge is 0.248 e. The van der Waals surface area contributed by atoms with Crippen LogP contribution in [0.3, 0.4) is 0 Å². The number of rotatable bonds is 4. The highest BCUT2D eigenvalue weighted by Crippen LogP contribution is 2.17. The van der Waals surface area contributed by atoms with Crippen molar-refractivity contribution in [3.8, 4) is 0 Å². The van der Waals surface area contributed by atoms with Crippen LogP contribution in [-0.2, 0) is 16.1 Å². The largest absolute Gasteiger partial charge is 0.364 e. The summed E-state index contributed by atoms with van der Waals surface area (Å²) in [5.74, 6) is 0.839. The number of imidazole rings is 1. The lowest BCUT2D eigenvalue weighted by Crippen LogP contribution is -2.62. The maximum atomic E-state index is 12.5. The first kappa shape index (κ1) is 17.5. The fourth-order valence-corrected chi connectivity index (χ4v) is 3.96. The second-order valence-electron chi connectivity index (χ2n) is 7.44. The van der Waals surface area contributed by atoms with Crippen molar-refractivity contribution in [2.45, 2.75) is 19.6 Å². The van der Waals surface area contributed by atoms with E-state index in [9.17, 15) is 4.79 Å². The number of nitrogens with zero attached hydrogens (tertiary/aromatic N) is 4. The molecule has 1 amide bonds. The van der Waals surface area contributed by atoms with Crippen LogP contribution in [0.4, 0.5) is 0 Å². The molecular formula is C19H27N5O2. The third kappa shape index (κ3) is 3.60. The molecule has 2 aliphatic heterocycles. The molecule has 0 spiro atoms. The molecule has 0 aliphatic carbocycles. The average Bonchev–Trinajstić information content (AvgIpc) is 3.05. The maximum Gasteiger partial charge on any atom is 0.248 e. The zero-order chi connectivity index (χ0) is 18.1. The molecule has 26 heavy (non-hydrogen) atoms. The molecule has 7 heteroatoms. The lowest BCUT2D eigenvalue weighted by atomic mass is 10.1. The van der Waals surface area contributed by atoms with E-state index >= 15 is 0 Å². The molecule has 2 fully saturated rings. The lowest BCUT2D eigenvalue weighted by molar-refractivity contribution is -0.140. The summed E-state index contributed by atoms with van der Waals surface area (Å²) in [4.78, 5) is 27.1. The summed E-state index contributed by atoms with van der Waals surface area (Å²) >= 11 is 0. The summed E-state index contributed by atoms with van der Waals surface area (Å²) in [6, 6.07) is 6.50. The molecule has 1 unspecified atom stereocenters. The molecule has 0 radical (unpaired) electrons. The summed E-state index contributed by atoms with van der Waals surface area (Å²) < 4.78 is 5.65. The molecule has 2 aliphatic rings. The molecule has 0 saturated carbocycles. The van der Waals surface area contributed by atoms with Gasteiger partial charge in [-0.25, -0.2) is 4.98 Å². The first-order chi connectivity index (χ1) is 12.6. The fourth-order valence-electron chi connectivity index (χ4n) is 3.96. The zero-order valence-corrected chi connectivity index (χ0v) is 15.6. The molecular weight excluding hydrogens is 330 g/mol. The van der Waals surface area contributed by atoms with Crippen LogP contribution < -0.4 is 0 Å². The highest BCUT2D eigenvalue weighted by molar-refractivity contribution is 5.78. The van der Waals surface area contributed by atoms with Gasteiger partial charge in [-0.2, -0.15) is 0 Å². The van der Waals surface area contributed by atoms with Crippen LogP contribution in [0, 0.1) is 6.92 Å². The number of aromatic amines is 1. The van der Waals surface area contributed by atoms with Crippen LogP contribution in [0.25, 0.3) is 11.0 Å². The second-order valence-corrected chi connectivity index (χ2v) is 7.44. The Hall–Kier alpha value is -1.96. The van der Waals surface area contributed by atoms with Gasteiger partial charge in [-0.3, -0.25) is 9.69 Å². The first-order valence-corrected chi connectivity index (χ1v) is 9.32. The van der Waals surface area contributed by atoms with Crippen molar-refractivity contribution in [2.24, 2.45) is 0 Å². The molecule has 4 rings (SSSR count). The van der Waals surface area contributed by atoms with Crippen molar-refractivity contribution < 1.29 is 9.53 Å². The molecule has 1 atom stereocenters. The average molecular weight is 357 g/mol. The van der Waals surface area contributed by atoms with E-state index in [2.05, 4.69) is 26.8 Å². The van der Waals surface area contributed by atoms with Gasteiger partial charge < -0.3 is 19.5 Å². The van der Waals surface area contributed by atoms with Gasteiger partial charge in [0.25, 0.3) is 0 Å². The SMILES string of the molecule is Cc1cccc2[nH]c(COCC(=O)N3CCN4CCN(C)CC4C3)nc12. The number of hydrogen-bond donors (Lipinski definition) is 1. The Balaban J connectivity index is 1.29. The maximum absolute atomic E-state index is 12.5. The monoisotopic (exact) mass is 357 g/mol. The third-order valence-corrected chi connectivity index (χ3v) is 5.48. The van der Waals surface area contributed by atoms with Crippen molar-refractivity contribution in [1.29, 1.82) is 0 Å². The number of carbonyl (C=O) groups is 1. The van der Waals surface area contributed by atoms with E-state index in [1.54, 1.807) is 0 Å². The predicted molar refractivity (Wildman–Crippen MR) is 99.9 cm³/mol. The van der Waals surface area contributed by atoms with Gasteiger partial charge in [0.15, 0.2) is 0 Å². The van der Waals surface area contributed by atoms with Crippen molar-refractivity contribution in [3.05, 3.63) is 29.6 Å². The quantitative estimate of drug-likeness (QED) is 0.879. The predicted octanol–water partition coefficient (Wildman–Crippen LogP) is 0.846. The second kappa shape index (κ2) is 7.34. The summed E-state index contributed by atoms with van der Waals surface area (Å²) in [5, 5.41) is 0. The Morgan fingerprint density at radius 2 is 2.12 bits per heavy atom. The van der Waals surface area contributed by atoms with E-state index in [0.717, 1.165) is 61.7 Å². The molecule has 2 aromatic rings. The van der Waals surface area contributed by atoms with Crippen LogP contribution in [0.15, 0.2) is 18.2 Å². The number of nitrogens with one attached hydrogen (secondary N) is 1. The van der Waals surface area contributed by atoms with Gasteiger partial charge in [-0.05, 0) is 25.6 Å². The topological polar surface area (TPSA) is 64.7 Å². The van der Waals surface area contributed by atoms with Crippen LogP contribution in [0.1, 0.15) is 11.4 Å². The van der Waals surface area contributed by atoms with Gasteiger partial charge in [0.1, 0.15) is 19.0 Å². The van der Waals surface area contributed by atoms with Crippen molar-refractivity contribution in [3.63, 3.8) is 0 Å². The number of piperazine rings is 2. The number of para-hydroxylation sites is 1. The first-order valence-electron chi connectivity index (χ1n) is 9.32. The minimum Gasteiger partial charge on any atom is -0.364 e. The van der Waals surface area contributed by atoms with Crippen molar-refractivity contribution in [2.75, 3.05) is 52.9 Å². The minimum atomic E-state index is 0.0742. The number of benzene rings is 1. The van der Waals surface area contributed by atoms with Gasteiger partial charge in [0.2, 0.25) is 5.91 Å². The molecule has 1 aromatic heterocycles. The van der Waals surface area contributed by atoms with E-state index < -0.39 is 0 Å². The van der Waals surface area contributed by atoms with Crippen molar-refractivity contribution in [1.82, 2.24) is 24.7 Å². The summed E-state index contributed by atoms with van der Waals surface area (Å²) in [6.45, 7) is 8.29. The number of amides is 1. The summed E-state index contributed by atoms with van der Waals surface area (Å²) in [6.07, 6.45) is 0. The number of carbonyl (C=O) groups excluding carboxylic acids is 1. The molecule has 7 nitrogen and oxygen atoms in total. The van der Waals surface area contributed by atoms with Gasteiger partial charge in [0, 0.05) is 45.3 Å². The van der Waals surface area contributed by atoms with Gasteiger partial charge in [-0.1, -0.05) is 12.1 Å². The number of aryl methyl sites for hydroxylation is 1. The normalized spacial score (nSPS) is 21.9. The van der Waals surface area contributed by atoms with E-state index in [0.29, 0.717) is 12.6 Å². The molecule has 2 saturated heterocycles. The minimum absolute atomic E-state index is 0.0742. The molecule has 140 valence electrons. The summed E-state index contributed by atoms with van der Waals surface area (Å²) in [5.41, 5.74) is 3.11. The summed E-state index contributed by atoms with van der Waals surface area (Å²) in [7, 11) is 2.15. The standard InChI is InChI=1S/C19H27N5O2/c1-14-4-3-5-16-19(14)21-17(20-16)12-26-13-18(25)24-9-8-23-7-6-22(2)10-15(23)11-24/h3-5,15H,6-13H2,1-2H3,(H,20,21). The Morgan fingerprint density at radius 1 is 1.27 bits per heavy atom. The number of fused-ring (bicyclic) bond motifs is 2. The molecule has 0 bridgehead atoms. The van der Waals surface area contributed by atoms with Crippen LogP contribution >= 0.6 is 0 Å². The Bertz CT molecular complexity index is 789. The van der Waals surface area contributed by atoms with Crippen LogP contribution in [0.2, 0.25) is 0 Å². The highest BCUT2D eigenvalue weighted by atomic mass is 16.5. The lowest BCUT2D eigenvalue weighted by Gasteiger charge is -2.46. The zero-order valence-electron chi connectivity index (χ0n) is 15.6.